The number of nitrogens with zero attached hydrogens (tertiary/aromatic N) is 2. The zero-order valence-corrected chi connectivity index (χ0v) is 21.4. The second kappa shape index (κ2) is 11.9. The molecule has 0 bridgehead atoms. The molecule has 0 spiro atoms. The molecule has 4 rings (SSSR count). The van der Waals surface area contributed by atoms with Crippen molar-refractivity contribution in [2.75, 3.05) is 36.5 Å². The van der Waals surface area contributed by atoms with E-state index >= 15 is 4.39 Å². The van der Waals surface area contributed by atoms with Crippen molar-refractivity contribution in [3.8, 4) is 5.75 Å². The third-order valence-electron chi connectivity index (χ3n) is 7.51. The van der Waals surface area contributed by atoms with Crippen LogP contribution in [0.5, 0.6) is 5.75 Å². The Hall–Kier alpha value is -2.60. The summed E-state index contributed by atoms with van der Waals surface area (Å²) in [4.78, 5) is 16.6. The van der Waals surface area contributed by atoms with Gasteiger partial charge in [-0.15, -0.1) is 0 Å². The van der Waals surface area contributed by atoms with Gasteiger partial charge in [-0.25, -0.2) is 4.39 Å². The maximum Gasteiger partial charge on any atom is 0.258 e. The summed E-state index contributed by atoms with van der Waals surface area (Å²) >= 11 is 0. The quantitative estimate of drug-likeness (QED) is 0.444. The van der Waals surface area contributed by atoms with Gasteiger partial charge in [0.1, 0.15) is 11.6 Å². The van der Waals surface area contributed by atoms with Gasteiger partial charge in [-0.1, -0.05) is 20.3 Å². The van der Waals surface area contributed by atoms with E-state index in [4.69, 9.17) is 4.74 Å². The molecule has 2 aromatic rings. The van der Waals surface area contributed by atoms with E-state index in [1.165, 1.54) is 36.6 Å². The minimum Gasteiger partial charge on any atom is -0.494 e. The molecule has 2 fully saturated rings. The molecule has 6 heteroatoms. The van der Waals surface area contributed by atoms with Gasteiger partial charge in [0.25, 0.3) is 5.91 Å². The molecule has 1 N–H and O–H groups in total. The third kappa shape index (κ3) is 6.54. The molecule has 1 atom stereocenters. The minimum absolute atomic E-state index is 0.176. The lowest BCUT2D eigenvalue weighted by Crippen LogP contribution is -2.41. The average molecular weight is 482 g/mol. The van der Waals surface area contributed by atoms with Crippen LogP contribution in [0.15, 0.2) is 42.5 Å². The van der Waals surface area contributed by atoms with Crippen molar-refractivity contribution in [1.29, 1.82) is 0 Å². The van der Waals surface area contributed by atoms with Crippen LogP contribution in [0.1, 0.15) is 69.2 Å². The topological polar surface area (TPSA) is 44.8 Å². The van der Waals surface area contributed by atoms with Crippen LogP contribution in [0.2, 0.25) is 0 Å². The number of rotatable bonds is 9. The molecule has 1 heterocycles. The predicted octanol–water partition coefficient (Wildman–Crippen LogP) is 6.03. The number of halogens is 1. The lowest BCUT2D eigenvalue weighted by Gasteiger charge is -2.29. The Morgan fingerprint density at radius 3 is 2.51 bits per heavy atom. The lowest BCUT2D eigenvalue weighted by atomic mass is 9.87. The maximum atomic E-state index is 15.1. The summed E-state index contributed by atoms with van der Waals surface area (Å²) in [6.07, 6.45) is 8.20. The Balaban J connectivity index is 1.34. The zero-order valence-electron chi connectivity index (χ0n) is 21.4. The van der Waals surface area contributed by atoms with Crippen molar-refractivity contribution in [2.24, 2.45) is 5.92 Å². The van der Waals surface area contributed by atoms with Crippen molar-refractivity contribution in [3.63, 3.8) is 0 Å². The van der Waals surface area contributed by atoms with Crippen LogP contribution in [0.4, 0.5) is 15.8 Å². The molecule has 5 nitrogen and oxygen atoms in total. The SMILES string of the molecule is CCCCOc1ccc(C(=O)N(C)c2ccc(N3CCC(NC4CCC(C)CC4)C3)c(F)c2)cc1. The fraction of sp³-hybridized carbons (Fsp3) is 0.552. The second-order valence-corrected chi connectivity index (χ2v) is 10.3. The highest BCUT2D eigenvalue weighted by Crippen LogP contribution is 2.29. The van der Waals surface area contributed by atoms with Crippen LogP contribution in [0.3, 0.4) is 0 Å². The van der Waals surface area contributed by atoms with E-state index in [2.05, 4.69) is 24.1 Å². The zero-order chi connectivity index (χ0) is 24.8. The highest BCUT2D eigenvalue weighted by molar-refractivity contribution is 6.05. The van der Waals surface area contributed by atoms with Gasteiger partial charge >= 0.3 is 0 Å². The second-order valence-electron chi connectivity index (χ2n) is 10.3. The summed E-state index contributed by atoms with van der Waals surface area (Å²) < 4.78 is 20.8. The van der Waals surface area contributed by atoms with E-state index in [0.29, 0.717) is 35.6 Å². The number of hydrogen-bond donors (Lipinski definition) is 1. The molecule has 35 heavy (non-hydrogen) atoms. The number of hydrogen-bond acceptors (Lipinski definition) is 4. The van der Waals surface area contributed by atoms with E-state index in [1.807, 2.05) is 24.3 Å². The molecule has 1 aliphatic carbocycles. The molecule has 0 aromatic heterocycles. The van der Waals surface area contributed by atoms with Gasteiger partial charge in [-0.2, -0.15) is 0 Å². The number of amides is 1. The Kier molecular flexibility index (Phi) is 8.66. The van der Waals surface area contributed by atoms with E-state index in [1.54, 1.807) is 19.2 Å². The number of ether oxygens (including phenoxy) is 1. The molecule has 1 saturated heterocycles. The number of unbranched alkanes of at least 4 members (excludes halogenated alkanes) is 1. The predicted molar refractivity (Wildman–Crippen MR) is 141 cm³/mol. The number of nitrogens with one attached hydrogen (secondary N) is 1. The Morgan fingerprint density at radius 2 is 1.83 bits per heavy atom. The van der Waals surface area contributed by atoms with Crippen molar-refractivity contribution >= 4 is 17.3 Å². The molecule has 1 aliphatic heterocycles. The number of anilines is 2. The number of carbonyl (C=O) groups excluding carboxylic acids is 1. The summed E-state index contributed by atoms with van der Waals surface area (Å²) in [5, 5.41) is 3.81. The fourth-order valence-corrected chi connectivity index (χ4v) is 5.18. The molecule has 2 aliphatic rings. The van der Waals surface area contributed by atoms with Gasteiger partial charge in [0.05, 0.1) is 12.3 Å². The molecule has 1 saturated carbocycles. The first-order chi connectivity index (χ1) is 16.9. The van der Waals surface area contributed by atoms with Crippen LogP contribution >= 0.6 is 0 Å². The average Bonchev–Trinajstić information content (AvgIpc) is 3.33. The summed E-state index contributed by atoms with van der Waals surface area (Å²) in [7, 11) is 1.68. The van der Waals surface area contributed by atoms with Gasteiger partial charge in [0.2, 0.25) is 0 Å². The Bertz CT molecular complexity index is 972. The van der Waals surface area contributed by atoms with E-state index in [0.717, 1.165) is 44.0 Å². The van der Waals surface area contributed by atoms with E-state index < -0.39 is 0 Å². The Labute approximate surface area is 209 Å². The summed E-state index contributed by atoms with van der Waals surface area (Å²) in [6.45, 7) is 6.80. The largest absolute Gasteiger partial charge is 0.494 e. The van der Waals surface area contributed by atoms with E-state index in [9.17, 15) is 4.79 Å². The first kappa shape index (κ1) is 25.5. The molecule has 1 amide bonds. The smallest absolute Gasteiger partial charge is 0.258 e. The van der Waals surface area contributed by atoms with Crippen LogP contribution in [0, 0.1) is 11.7 Å². The van der Waals surface area contributed by atoms with Crippen molar-refractivity contribution < 1.29 is 13.9 Å². The highest BCUT2D eigenvalue weighted by atomic mass is 19.1. The first-order valence-corrected chi connectivity index (χ1v) is 13.3. The molecule has 190 valence electrons. The van der Waals surface area contributed by atoms with Crippen molar-refractivity contribution in [3.05, 3.63) is 53.8 Å². The standard InChI is InChI=1S/C29H40FN3O2/c1-4-5-18-35-26-13-8-22(9-14-26)29(34)32(3)25-12-15-28(27(30)19-25)33-17-16-24(20-33)31-23-10-6-21(2)7-11-23/h8-9,12-15,19,21,23-24,31H,4-7,10-11,16-18,20H2,1-3H3. The van der Waals surface area contributed by atoms with Crippen molar-refractivity contribution in [1.82, 2.24) is 5.32 Å². The van der Waals surface area contributed by atoms with Crippen LogP contribution in [-0.2, 0) is 0 Å². The summed E-state index contributed by atoms with van der Waals surface area (Å²) in [5.41, 5.74) is 1.71. The molecule has 0 radical (unpaired) electrons. The molecular weight excluding hydrogens is 441 g/mol. The monoisotopic (exact) mass is 481 g/mol. The van der Waals surface area contributed by atoms with Gasteiger partial charge in [0.15, 0.2) is 0 Å². The molecule has 2 aromatic carbocycles. The van der Waals surface area contributed by atoms with Crippen LogP contribution in [0.25, 0.3) is 0 Å². The summed E-state index contributed by atoms with van der Waals surface area (Å²) in [6, 6.07) is 13.3. The maximum absolute atomic E-state index is 15.1. The fourth-order valence-electron chi connectivity index (χ4n) is 5.18. The number of carbonyl (C=O) groups is 1. The van der Waals surface area contributed by atoms with Crippen molar-refractivity contribution in [2.45, 2.75) is 70.9 Å². The van der Waals surface area contributed by atoms with Crippen LogP contribution in [-0.4, -0.2) is 44.7 Å². The minimum atomic E-state index is -0.283. The van der Waals surface area contributed by atoms with Gasteiger partial charge in [0, 0.05) is 43.5 Å². The normalized spacial score (nSPS) is 22.3. The Morgan fingerprint density at radius 1 is 1.09 bits per heavy atom. The van der Waals surface area contributed by atoms with Gasteiger partial charge in [-0.05, 0) is 86.9 Å². The highest BCUT2D eigenvalue weighted by Gasteiger charge is 2.28. The van der Waals surface area contributed by atoms with E-state index in [-0.39, 0.29) is 11.7 Å². The third-order valence-corrected chi connectivity index (χ3v) is 7.51. The molecular formula is C29H40FN3O2. The van der Waals surface area contributed by atoms with Crippen LogP contribution < -0.4 is 19.9 Å². The van der Waals surface area contributed by atoms with Gasteiger partial charge in [-0.3, -0.25) is 4.79 Å². The van der Waals surface area contributed by atoms with Gasteiger partial charge < -0.3 is 19.9 Å². The summed E-state index contributed by atoms with van der Waals surface area (Å²) in [5.74, 6) is 1.14. The molecule has 1 unspecified atom stereocenters. The first-order valence-electron chi connectivity index (χ1n) is 13.3. The lowest BCUT2D eigenvalue weighted by molar-refractivity contribution is 0.0993. The number of benzene rings is 2.